The van der Waals surface area contributed by atoms with Crippen molar-refractivity contribution in [2.45, 2.75) is 156 Å². The van der Waals surface area contributed by atoms with Gasteiger partial charge in [0.1, 0.15) is 0 Å². The quantitative estimate of drug-likeness (QED) is 0.120. The Morgan fingerprint density at radius 1 is 0.600 bits per heavy atom. The third-order valence-electron chi connectivity index (χ3n) is 6.68. The minimum Gasteiger partial charge on any atom is -0.465 e. The van der Waals surface area contributed by atoms with Crippen molar-refractivity contribution in [1.29, 1.82) is 0 Å². The molecule has 0 aromatic carbocycles. The van der Waals surface area contributed by atoms with E-state index in [0.717, 1.165) is 25.2 Å². The highest BCUT2D eigenvalue weighted by Crippen LogP contribution is 2.16. The van der Waals surface area contributed by atoms with Crippen molar-refractivity contribution in [3.05, 3.63) is 0 Å². The van der Waals surface area contributed by atoms with Gasteiger partial charge in [-0.25, -0.2) is 0 Å². The average Bonchev–Trinajstić information content (AvgIpc) is 2.75. The molecule has 0 amide bonds. The Bertz CT molecular complexity index is 353. The molecule has 0 rings (SSSR count). The van der Waals surface area contributed by atoms with Crippen LogP contribution in [0.5, 0.6) is 0 Å². The lowest BCUT2D eigenvalue weighted by Crippen LogP contribution is -2.15. The van der Waals surface area contributed by atoms with Crippen molar-refractivity contribution in [2.24, 2.45) is 11.8 Å². The summed E-state index contributed by atoms with van der Waals surface area (Å²) in [7, 11) is 0. The molecule has 0 fully saturated rings. The van der Waals surface area contributed by atoms with E-state index < -0.39 is 0 Å². The first-order chi connectivity index (χ1) is 14.6. The van der Waals surface area contributed by atoms with Crippen molar-refractivity contribution < 1.29 is 9.53 Å². The molecule has 0 saturated carbocycles. The predicted octanol–water partition coefficient (Wildman–Crippen LogP) is 9.64. The number of carbonyl (C=O) groups excluding carboxylic acids is 1. The zero-order valence-electron chi connectivity index (χ0n) is 21.3. The van der Waals surface area contributed by atoms with Crippen LogP contribution in [-0.2, 0) is 9.53 Å². The maximum Gasteiger partial charge on any atom is 0.308 e. The van der Waals surface area contributed by atoms with E-state index in [2.05, 4.69) is 20.8 Å². The predicted molar refractivity (Wildman–Crippen MR) is 133 cm³/mol. The number of hydrogen-bond acceptors (Lipinski definition) is 2. The summed E-state index contributed by atoms with van der Waals surface area (Å²) in [6.45, 7) is 9.57. The van der Waals surface area contributed by atoms with Crippen LogP contribution in [0.1, 0.15) is 156 Å². The van der Waals surface area contributed by atoms with Crippen LogP contribution in [0.25, 0.3) is 0 Å². The fraction of sp³-hybridized carbons (Fsp3) is 0.964. The van der Waals surface area contributed by atoms with Crippen LogP contribution in [0.4, 0.5) is 0 Å². The van der Waals surface area contributed by atoms with E-state index in [1.807, 2.05) is 6.92 Å². The maximum absolute atomic E-state index is 12.0. The monoisotopic (exact) mass is 424 g/mol. The molecule has 0 heterocycles. The van der Waals surface area contributed by atoms with Gasteiger partial charge >= 0.3 is 5.97 Å². The van der Waals surface area contributed by atoms with Gasteiger partial charge in [-0.3, -0.25) is 4.79 Å². The van der Waals surface area contributed by atoms with Gasteiger partial charge in [0.05, 0.1) is 12.5 Å². The SMILES string of the molecule is CCCCCCCCC(C)C(=O)OCCCCCCCCCCCCCC(C)CC. The Hall–Kier alpha value is -0.530. The highest BCUT2D eigenvalue weighted by molar-refractivity contribution is 5.71. The summed E-state index contributed by atoms with van der Waals surface area (Å²) in [4.78, 5) is 12.0. The molecule has 2 nitrogen and oxygen atoms in total. The molecule has 0 aliphatic heterocycles. The first-order valence-electron chi connectivity index (χ1n) is 13.8. The van der Waals surface area contributed by atoms with Crippen LogP contribution in [0, 0.1) is 11.8 Å². The average molecular weight is 425 g/mol. The zero-order chi connectivity index (χ0) is 22.3. The van der Waals surface area contributed by atoms with Gasteiger partial charge in [-0.2, -0.15) is 0 Å². The Labute approximate surface area is 190 Å². The molecule has 0 saturated heterocycles. The lowest BCUT2D eigenvalue weighted by atomic mass is 9.99. The molecule has 2 unspecified atom stereocenters. The molecule has 0 aliphatic rings. The first-order valence-corrected chi connectivity index (χ1v) is 13.8. The van der Waals surface area contributed by atoms with Gasteiger partial charge in [-0.05, 0) is 18.8 Å². The molecular formula is C28H56O2. The van der Waals surface area contributed by atoms with Crippen molar-refractivity contribution in [1.82, 2.24) is 0 Å². The second kappa shape index (κ2) is 23.1. The van der Waals surface area contributed by atoms with Gasteiger partial charge in [0.15, 0.2) is 0 Å². The molecule has 0 aliphatic carbocycles. The molecule has 0 bridgehead atoms. The van der Waals surface area contributed by atoms with Gasteiger partial charge in [0.2, 0.25) is 0 Å². The first kappa shape index (κ1) is 29.5. The summed E-state index contributed by atoms with van der Waals surface area (Å²) >= 11 is 0. The van der Waals surface area contributed by atoms with Gasteiger partial charge in [-0.1, -0.05) is 143 Å². The summed E-state index contributed by atoms with van der Waals surface area (Å²) in [6.07, 6.45) is 26.2. The Morgan fingerprint density at radius 3 is 1.53 bits per heavy atom. The number of carbonyl (C=O) groups is 1. The largest absolute Gasteiger partial charge is 0.465 e. The van der Waals surface area contributed by atoms with Crippen molar-refractivity contribution >= 4 is 5.97 Å². The molecule has 0 radical (unpaired) electrons. The van der Waals surface area contributed by atoms with Crippen LogP contribution < -0.4 is 0 Å². The lowest BCUT2D eigenvalue weighted by Gasteiger charge is -2.11. The van der Waals surface area contributed by atoms with E-state index in [9.17, 15) is 4.79 Å². The highest BCUT2D eigenvalue weighted by atomic mass is 16.5. The number of ether oxygens (including phenoxy) is 1. The van der Waals surface area contributed by atoms with E-state index in [1.165, 1.54) is 109 Å². The van der Waals surface area contributed by atoms with E-state index in [-0.39, 0.29) is 11.9 Å². The summed E-state index contributed by atoms with van der Waals surface area (Å²) in [5.41, 5.74) is 0. The van der Waals surface area contributed by atoms with E-state index in [1.54, 1.807) is 0 Å². The zero-order valence-corrected chi connectivity index (χ0v) is 21.3. The van der Waals surface area contributed by atoms with Crippen molar-refractivity contribution in [3.63, 3.8) is 0 Å². The van der Waals surface area contributed by atoms with Crippen molar-refractivity contribution in [3.8, 4) is 0 Å². The molecule has 0 spiro atoms. The summed E-state index contributed by atoms with van der Waals surface area (Å²) in [5, 5.41) is 0. The molecule has 2 heteroatoms. The Morgan fingerprint density at radius 2 is 1.03 bits per heavy atom. The third-order valence-corrected chi connectivity index (χ3v) is 6.68. The Kier molecular flexibility index (Phi) is 22.7. The van der Waals surface area contributed by atoms with Crippen molar-refractivity contribution in [2.75, 3.05) is 6.61 Å². The fourth-order valence-electron chi connectivity index (χ4n) is 4.05. The van der Waals surface area contributed by atoms with Gasteiger partial charge in [0, 0.05) is 0 Å². The number of rotatable bonds is 23. The molecule has 30 heavy (non-hydrogen) atoms. The van der Waals surface area contributed by atoms with Crippen LogP contribution in [0.15, 0.2) is 0 Å². The smallest absolute Gasteiger partial charge is 0.308 e. The number of esters is 1. The third kappa shape index (κ3) is 20.7. The topological polar surface area (TPSA) is 26.3 Å². The van der Waals surface area contributed by atoms with Crippen LogP contribution in [-0.4, -0.2) is 12.6 Å². The van der Waals surface area contributed by atoms with Crippen LogP contribution in [0.3, 0.4) is 0 Å². The van der Waals surface area contributed by atoms with E-state index in [4.69, 9.17) is 4.74 Å². The number of hydrogen-bond donors (Lipinski definition) is 0. The summed E-state index contributed by atoms with van der Waals surface area (Å²) < 4.78 is 5.47. The normalized spacial score (nSPS) is 13.3. The second-order valence-corrected chi connectivity index (χ2v) is 9.82. The van der Waals surface area contributed by atoms with Gasteiger partial charge in [-0.15, -0.1) is 0 Å². The Balaban J connectivity index is 3.28. The van der Waals surface area contributed by atoms with E-state index >= 15 is 0 Å². The minimum absolute atomic E-state index is 0.0210. The van der Waals surface area contributed by atoms with Gasteiger partial charge in [0.25, 0.3) is 0 Å². The molecular weight excluding hydrogens is 368 g/mol. The molecule has 0 N–H and O–H groups in total. The van der Waals surface area contributed by atoms with Gasteiger partial charge < -0.3 is 4.74 Å². The highest BCUT2D eigenvalue weighted by Gasteiger charge is 2.13. The summed E-state index contributed by atoms with van der Waals surface area (Å²) in [5.74, 6) is 1.01. The lowest BCUT2D eigenvalue weighted by molar-refractivity contribution is -0.148. The minimum atomic E-state index is 0.0210. The summed E-state index contributed by atoms with van der Waals surface area (Å²) in [6, 6.07) is 0. The molecule has 180 valence electrons. The van der Waals surface area contributed by atoms with Crippen LogP contribution in [0.2, 0.25) is 0 Å². The molecule has 0 aromatic rings. The standard InChI is InChI=1S/C28H56O2/c1-5-7-8-9-18-21-24-27(4)28(29)30-25-22-19-16-14-12-10-11-13-15-17-20-23-26(3)6-2/h26-27H,5-25H2,1-4H3. The molecule has 2 atom stereocenters. The van der Waals surface area contributed by atoms with E-state index in [0.29, 0.717) is 6.61 Å². The fourth-order valence-corrected chi connectivity index (χ4v) is 4.05. The number of unbranched alkanes of at least 4 members (excludes halogenated alkanes) is 15. The maximum atomic E-state index is 12.0. The second-order valence-electron chi connectivity index (χ2n) is 9.82. The van der Waals surface area contributed by atoms with Crippen LogP contribution >= 0.6 is 0 Å². The molecule has 0 aromatic heterocycles.